The number of nitriles is 1. The van der Waals surface area contributed by atoms with Gasteiger partial charge in [0, 0.05) is 11.8 Å². The van der Waals surface area contributed by atoms with Gasteiger partial charge < -0.3 is 25.2 Å². The van der Waals surface area contributed by atoms with Crippen LogP contribution in [0.5, 0.6) is 11.5 Å². The molecule has 39 heavy (non-hydrogen) atoms. The summed E-state index contributed by atoms with van der Waals surface area (Å²) in [5.74, 6) is -2.48. The Morgan fingerprint density at radius 1 is 1.23 bits per heavy atom. The van der Waals surface area contributed by atoms with E-state index >= 15 is 0 Å². The van der Waals surface area contributed by atoms with Gasteiger partial charge in [0.15, 0.2) is 0 Å². The average Bonchev–Trinajstić information content (AvgIpc) is 3.46. The molecule has 2 amide bonds. The molecule has 3 aromatic rings. The first kappa shape index (κ1) is 28.5. The molecule has 4 N–H and O–H groups in total. The normalized spacial score (nSPS) is 13.9. The fourth-order valence-electron chi connectivity index (χ4n) is 3.55. The van der Waals surface area contributed by atoms with Crippen LogP contribution in [-0.4, -0.2) is 59.5 Å². The standard InChI is InChI=1S/C23H21N5O4.C2HF3O2/c1-31-18-3-5-21-15(9-18)8-16(13-32-21)22(29)28-20-4-2-14(17-11-26-27-12-17)10-19(20)23(30)25-7-6-24;3-2(4,5)1(6)7/h2-5,9-12,16H,7-8,13H2,1H3,(H,25,30)(H,26,27)(H,28,29);(H,6,7). The number of hydrogen-bond donors (Lipinski definition) is 4. The number of anilines is 1. The molecular formula is C25H22F3N5O6. The number of ether oxygens (including phenoxy) is 2. The number of halogens is 3. The number of alkyl halides is 3. The minimum Gasteiger partial charge on any atom is -0.497 e. The molecule has 14 heteroatoms. The largest absolute Gasteiger partial charge is 0.497 e. The fourth-order valence-corrected chi connectivity index (χ4v) is 3.55. The molecule has 2 heterocycles. The molecule has 0 saturated carbocycles. The number of carbonyl (C=O) groups is 3. The number of aromatic nitrogens is 2. The van der Waals surface area contributed by atoms with E-state index in [2.05, 4.69) is 20.8 Å². The lowest BCUT2D eigenvalue weighted by molar-refractivity contribution is -0.192. The van der Waals surface area contributed by atoms with E-state index in [0.717, 1.165) is 22.4 Å². The summed E-state index contributed by atoms with van der Waals surface area (Å²) in [7, 11) is 1.59. The third-order valence-electron chi connectivity index (χ3n) is 5.47. The minimum atomic E-state index is -5.08. The first-order valence-electron chi connectivity index (χ1n) is 11.2. The van der Waals surface area contributed by atoms with Gasteiger partial charge >= 0.3 is 12.1 Å². The van der Waals surface area contributed by atoms with E-state index in [1.54, 1.807) is 37.7 Å². The van der Waals surface area contributed by atoms with E-state index in [-0.39, 0.29) is 24.6 Å². The number of aromatic amines is 1. The second-order valence-electron chi connectivity index (χ2n) is 8.07. The van der Waals surface area contributed by atoms with Crippen LogP contribution in [0, 0.1) is 17.2 Å². The molecule has 1 aliphatic heterocycles. The summed E-state index contributed by atoms with van der Waals surface area (Å²) in [5.41, 5.74) is 3.04. The van der Waals surface area contributed by atoms with Crippen LogP contribution >= 0.6 is 0 Å². The summed E-state index contributed by atoms with van der Waals surface area (Å²) >= 11 is 0. The van der Waals surface area contributed by atoms with Crippen LogP contribution in [0.25, 0.3) is 11.1 Å². The van der Waals surface area contributed by atoms with Crippen molar-refractivity contribution in [1.29, 1.82) is 5.26 Å². The number of hydrogen-bond acceptors (Lipinski definition) is 7. The van der Waals surface area contributed by atoms with E-state index in [1.807, 2.05) is 24.3 Å². The molecule has 0 bridgehead atoms. The Hall–Kier alpha value is -5.06. The highest BCUT2D eigenvalue weighted by molar-refractivity contribution is 6.05. The molecule has 11 nitrogen and oxygen atoms in total. The van der Waals surface area contributed by atoms with Crippen LogP contribution in [0.1, 0.15) is 15.9 Å². The van der Waals surface area contributed by atoms with Gasteiger partial charge in [0.1, 0.15) is 24.7 Å². The Balaban J connectivity index is 0.000000532. The van der Waals surface area contributed by atoms with Crippen molar-refractivity contribution in [1.82, 2.24) is 15.5 Å². The number of amides is 2. The van der Waals surface area contributed by atoms with Crippen molar-refractivity contribution in [3.63, 3.8) is 0 Å². The Morgan fingerprint density at radius 2 is 1.97 bits per heavy atom. The lowest BCUT2D eigenvalue weighted by Gasteiger charge is -2.25. The summed E-state index contributed by atoms with van der Waals surface area (Å²) in [6.07, 6.45) is -1.26. The van der Waals surface area contributed by atoms with E-state index in [1.165, 1.54) is 0 Å². The maximum Gasteiger partial charge on any atom is 0.490 e. The topological polar surface area (TPSA) is 166 Å². The number of H-pyrrole nitrogens is 1. The Kier molecular flexibility index (Phi) is 9.11. The molecule has 1 unspecified atom stereocenters. The molecule has 0 spiro atoms. The molecule has 2 aromatic carbocycles. The molecular weight excluding hydrogens is 523 g/mol. The second-order valence-corrected chi connectivity index (χ2v) is 8.07. The van der Waals surface area contributed by atoms with Crippen LogP contribution in [0.3, 0.4) is 0 Å². The monoisotopic (exact) mass is 545 g/mol. The number of carboxylic acids is 1. The summed E-state index contributed by atoms with van der Waals surface area (Å²) in [4.78, 5) is 34.6. The predicted octanol–water partition coefficient (Wildman–Crippen LogP) is 3.16. The van der Waals surface area contributed by atoms with Crippen LogP contribution in [0.15, 0.2) is 48.8 Å². The van der Waals surface area contributed by atoms with E-state index in [4.69, 9.17) is 24.6 Å². The zero-order valence-corrected chi connectivity index (χ0v) is 20.3. The van der Waals surface area contributed by atoms with Gasteiger partial charge in [-0.3, -0.25) is 14.7 Å². The number of carbonyl (C=O) groups excluding carboxylic acids is 2. The summed E-state index contributed by atoms with van der Waals surface area (Å²) in [5, 5.41) is 28.0. The van der Waals surface area contributed by atoms with Crippen molar-refractivity contribution in [3.05, 3.63) is 59.9 Å². The highest BCUT2D eigenvalue weighted by Gasteiger charge is 2.38. The van der Waals surface area contributed by atoms with Gasteiger partial charge in [0.05, 0.1) is 36.5 Å². The number of nitrogens with zero attached hydrogens (tertiary/aromatic N) is 2. The van der Waals surface area contributed by atoms with Gasteiger partial charge in [0.25, 0.3) is 5.91 Å². The summed E-state index contributed by atoms with van der Waals surface area (Å²) < 4.78 is 42.7. The molecule has 0 radical (unpaired) electrons. The van der Waals surface area contributed by atoms with Gasteiger partial charge in [0.2, 0.25) is 5.91 Å². The number of benzene rings is 2. The number of rotatable bonds is 6. The smallest absolute Gasteiger partial charge is 0.490 e. The molecule has 0 fully saturated rings. The first-order valence-corrected chi connectivity index (χ1v) is 11.2. The quantitative estimate of drug-likeness (QED) is 0.343. The predicted molar refractivity (Wildman–Crippen MR) is 130 cm³/mol. The van der Waals surface area contributed by atoms with Crippen LogP contribution in [-0.2, 0) is 16.0 Å². The SMILES string of the molecule is COc1ccc2c(c1)CC(C(=O)Nc1ccc(-c3cn[nH]c3)cc1C(=O)NCC#N)CO2.O=C(O)C(F)(F)F. The lowest BCUT2D eigenvalue weighted by Crippen LogP contribution is -2.33. The molecule has 1 atom stereocenters. The highest BCUT2D eigenvalue weighted by Crippen LogP contribution is 2.32. The molecule has 1 aliphatic rings. The van der Waals surface area contributed by atoms with E-state index in [0.29, 0.717) is 17.9 Å². The minimum absolute atomic E-state index is 0.142. The van der Waals surface area contributed by atoms with E-state index in [9.17, 15) is 22.8 Å². The number of nitrogens with one attached hydrogen (secondary N) is 3. The summed E-state index contributed by atoms with van der Waals surface area (Å²) in [6.45, 7) is 0.0888. The van der Waals surface area contributed by atoms with Gasteiger partial charge in [-0.1, -0.05) is 6.07 Å². The first-order chi connectivity index (χ1) is 18.5. The number of carboxylic acid groups (broad SMARTS) is 1. The fraction of sp³-hybridized carbons (Fsp3) is 0.240. The average molecular weight is 545 g/mol. The number of methoxy groups -OCH3 is 1. The Labute approximate surface area is 219 Å². The van der Waals surface area contributed by atoms with Crippen molar-refractivity contribution >= 4 is 23.5 Å². The van der Waals surface area contributed by atoms with Crippen LogP contribution in [0.2, 0.25) is 0 Å². The molecule has 204 valence electrons. The third-order valence-corrected chi connectivity index (χ3v) is 5.47. The number of aliphatic carboxylic acids is 1. The second kappa shape index (κ2) is 12.5. The highest BCUT2D eigenvalue weighted by atomic mass is 19.4. The molecule has 0 aliphatic carbocycles. The Morgan fingerprint density at radius 3 is 2.59 bits per heavy atom. The number of fused-ring (bicyclic) bond motifs is 1. The van der Waals surface area contributed by atoms with Crippen LogP contribution < -0.4 is 20.1 Å². The maximum absolute atomic E-state index is 13.0. The molecule has 1 aromatic heterocycles. The van der Waals surface area contributed by atoms with Gasteiger partial charge in [-0.2, -0.15) is 23.5 Å². The zero-order valence-electron chi connectivity index (χ0n) is 20.3. The van der Waals surface area contributed by atoms with Crippen molar-refractivity contribution in [3.8, 4) is 28.7 Å². The maximum atomic E-state index is 13.0. The van der Waals surface area contributed by atoms with Gasteiger partial charge in [-0.25, -0.2) is 4.79 Å². The van der Waals surface area contributed by atoms with E-state index < -0.39 is 24.0 Å². The van der Waals surface area contributed by atoms with Crippen molar-refractivity contribution in [2.75, 3.05) is 25.6 Å². The van der Waals surface area contributed by atoms with Crippen molar-refractivity contribution in [2.24, 2.45) is 5.92 Å². The Bertz CT molecular complexity index is 1390. The van der Waals surface area contributed by atoms with Crippen molar-refractivity contribution in [2.45, 2.75) is 12.6 Å². The van der Waals surface area contributed by atoms with Gasteiger partial charge in [-0.15, -0.1) is 0 Å². The molecule has 4 rings (SSSR count). The third kappa shape index (κ3) is 7.48. The van der Waals surface area contributed by atoms with Gasteiger partial charge in [-0.05, 0) is 47.9 Å². The summed E-state index contributed by atoms with van der Waals surface area (Å²) in [6, 6.07) is 12.5. The lowest BCUT2D eigenvalue weighted by atomic mass is 9.95. The van der Waals surface area contributed by atoms with Crippen LogP contribution in [0.4, 0.5) is 18.9 Å². The van der Waals surface area contributed by atoms with Crippen molar-refractivity contribution < 1.29 is 42.1 Å². The zero-order chi connectivity index (χ0) is 28.6. The molecule has 0 saturated heterocycles.